The molecule has 11 heteroatoms. The average Bonchev–Trinajstić information content (AvgIpc) is 2.44. The molecular weight excluding hydrogens is 384 g/mol. The van der Waals surface area contributed by atoms with Gasteiger partial charge >= 0.3 is 27.3 Å². The van der Waals surface area contributed by atoms with Gasteiger partial charge in [0.2, 0.25) is 0 Å². The van der Waals surface area contributed by atoms with Gasteiger partial charge in [0.25, 0.3) is 0 Å². The molecule has 0 saturated heterocycles. The van der Waals surface area contributed by atoms with Crippen molar-refractivity contribution in [3.63, 3.8) is 0 Å². The molecular formula is C15H24F4O6S. The second-order valence-electron chi connectivity index (χ2n) is 7.36. The quantitative estimate of drug-likeness (QED) is 0.364. The van der Waals surface area contributed by atoms with E-state index in [1.165, 1.54) is 0 Å². The first kappa shape index (κ1) is 23.1. The Morgan fingerprint density at radius 2 is 1.77 bits per heavy atom. The van der Waals surface area contributed by atoms with E-state index in [4.69, 9.17) is 4.55 Å². The summed E-state index contributed by atoms with van der Waals surface area (Å²) in [5.74, 6) is -6.45. The van der Waals surface area contributed by atoms with Crippen molar-refractivity contribution in [3.05, 3.63) is 0 Å². The number of rotatable bonds is 8. The van der Waals surface area contributed by atoms with Crippen LogP contribution in [0.5, 0.6) is 0 Å². The molecule has 1 fully saturated rings. The minimum Gasteiger partial charge on any atom is -0.465 e. The maximum atomic E-state index is 13.3. The van der Waals surface area contributed by atoms with Crippen LogP contribution in [0.25, 0.3) is 0 Å². The number of carbonyl (C=O) groups excluding carboxylic acids is 1. The first-order valence-corrected chi connectivity index (χ1v) is 9.62. The lowest BCUT2D eigenvalue weighted by Gasteiger charge is -2.31. The van der Waals surface area contributed by atoms with Crippen LogP contribution in [0.1, 0.15) is 52.4 Å². The summed E-state index contributed by atoms with van der Waals surface area (Å²) in [7, 11) is -6.30. The average molecular weight is 408 g/mol. The molecule has 154 valence electrons. The number of halogens is 4. The van der Waals surface area contributed by atoms with Gasteiger partial charge < -0.3 is 9.84 Å². The number of hydrogen-bond acceptors (Lipinski definition) is 5. The Labute approximate surface area is 149 Å². The maximum Gasteiger partial charge on any atom is 0.431 e. The van der Waals surface area contributed by atoms with Gasteiger partial charge in [-0.3, -0.25) is 9.35 Å². The van der Waals surface area contributed by atoms with E-state index in [0.29, 0.717) is 25.7 Å². The molecule has 0 aromatic rings. The Morgan fingerprint density at radius 3 is 2.27 bits per heavy atom. The minimum atomic E-state index is -6.30. The minimum absolute atomic E-state index is 0.0478. The number of ether oxygens (including phenoxy) is 1. The van der Waals surface area contributed by atoms with Crippen LogP contribution < -0.4 is 0 Å². The van der Waals surface area contributed by atoms with Crippen molar-refractivity contribution < 1.29 is 45.2 Å². The van der Waals surface area contributed by atoms with Gasteiger partial charge in [-0.2, -0.15) is 26.0 Å². The Morgan fingerprint density at radius 1 is 1.19 bits per heavy atom. The highest BCUT2D eigenvalue weighted by Crippen LogP contribution is 2.41. The zero-order chi connectivity index (χ0) is 20.4. The van der Waals surface area contributed by atoms with Crippen LogP contribution in [0, 0.1) is 11.8 Å². The normalized spacial score (nSPS) is 22.9. The van der Waals surface area contributed by atoms with Gasteiger partial charge in [-0.05, 0) is 39.0 Å². The number of esters is 1. The van der Waals surface area contributed by atoms with Gasteiger partial charge in [-0.25, -0.2) is 0 Å². The first-order chi connectivity index (χ1) is 11.6. The van der Waals surface area contributed by atoms with Gasteiger partial charge in [-0.1, -0.05) is 12.8 Å². The Hall–Kier alpha value is -0.940. The molecule has 0 amide bonds. The topological polar surface area (TPSA) is 101 Å². The van der Waals surface area contributed by atoms with Crippen molar-refractivity contribution in [2.45, 2.75) is 69.2 Å². The summed E-state index contributed by atoms with van der Waals surface area (Å²) in [5, 5.41) is 4.16. The van der Waals surface area contributed by atoms with E-state index in [0.717, 1.165) is 6.42 Å². The molecule has 0 aromatic heterocycles. The Balaban J connectivity index is 2.56. The third-order valence-electron chi connectivity index (χ3n) is 4.31. The molecule has 0 radical (unpaired) electrons. The van der Waals surface area contributed by atoms with E-state index < -0.39 is 51.8 Å². The van der Waals surface area contributed by atoms with Gasteiger partial charge in [0.1, 0.15) is 0 Å². The SMILES string of the molecule is CC(C)(O)CC1CCCC(C(=O)OCCC(F)(F)C(F)(F)S(=O)(=O)O)C1. The number of carbonyl (C=O) groups is 1. The summed E-state index contributed by atoms with van der Waals surface area (Å²) in [6.45, 7) is 2.16. The molecule has 1 aliphatic carbocycles. The highest BCUT2D eigenvalue weighted by molar-refractivity contribution is 7.87. The summed E-state index contributed by atoms with van der Waals surface area (Å²) in [6.07, 6.45) is 1.03. The maximum absolute atomic E-state index is 13.3. The van der Waals surface area contributed by atoms with Crippen LogP contribution in [0.2, 0.25) is 0 Å². The highest BCUT2D eigenvalue weighted by Gasteiger charge is 2.65. The van der Waals surface area contributed by atoms with E-state index >= 15 is 0 Å². The lowest BCUT2D eigenvalue weighted by atomic mass is 9.77. The van der Waals surface area contributed by atoms with E-state index in [9.17, 15) is 35.9 Å². The molecule has 2 N–H and O–H groups in total. The van der Waals surface area contributed by atoms with Crippen molar-refractivity contribution in [2.75, 3.05) is 6.61 Å². The molecule has 2 atom stereocenters. The molecule has 1 saturated carbocycles. The fourth-order valence-electron chi connectivity index (χ4n) is 3.13. The fourth-order valence-corrected chi connectivity index (χ4v) is 3.61. The largest absolute Gasteiger partial charge is 0.465 e. The Bertz CT molecular complexity index is 600. The van der Waals surface area contributed by atoms with E-state index in [2.05, 4.69) is 4.74 Å². The van der Waals surface area contributed by atoms with E-state index in [1.54, 1.807) is 13.8 Å². The second-order valence-corrected chi connectivity index (χ2v) is 8.82. The van der Waals surface area contributed by atoms with Gasteiger partial charge in [0.05, 0.1) is 24.5 Å². The molecule has 6 nitrogen and oxygen atoms in total. The summed E-state index contributed by atoms with van der Waals surface area (Å²) in [4.78, 5) is 12.0. The highest BCUT2D eigenvalue weighted by atomic mass is 32.2. The molecule has 0 aromatic carbocycles. The van der Waals surface area contributed by atoms with Crippen molar-refractivity contribution in [2.24, 2.45) is 11.8 Å². The molecule has 2 unspecified atom stereocenters. The number of aliphatic hydroxyl groups is 1. The summed E-state index contributed by atoms with van der Waals surface area (Å²) < 4.78 is 86.4. The molecule has 0 aliphatic heterocycles. The van der Waals surface area contributed by atoms with Crippen LogP contribution in [0.3, 0.4) is 0 Å². The van der Waals surface area contributed by atoms with Crippen LogP contribution in [-0.2, 0) is 19.6 Å². The van der Waals surface area contributed by atoms with Crippen molar-refractivity contribution in [1.82, 2.24) is 0 Å². The summed E-state index contributed by atoms with van der Waals surface area (Å²) in [5.41, 5.74) is -0.917. The monoisotopic (exact) mass is 408 g/mol. The first-order valence-electron chi connectivity index (χ1n) is 8.18. The predicted octanol–water partition coefficient (Wildman–Crippen LogP) is 3.00. The number of hydrogen-bond donors (Lipinski definition) is 2. The fraction of sp³-hybridized carbons (Fsp3) is 0.933. The van der Waals surface area contributed by atoms with Gasteiger partial charge in [0, 0.05) is 0 Å². The lowest BCUT2D eigenvalue weighted by molar-refractivity contribution is -0.176. The van der Waals surface area contributed by atoms with Crippen LogP contribution >= 0.6 is 0 Å². The van der Waals surface area contributed by atoms with Crippen LogP contribution in [-0.4, -0.2) is 47.4 Å². The third kappa shape index (κ3) is 6.05. The zero-order valence-corrected chi connectivity index (χ0v) is 15.4. The van der Waals surface area contributed by atoms with Crippen molar-refractivity contribution in [3.8, 4) is 0 Å². The Kier molecular flexibility index (Phi) is 7.08. The van der Waals surface area contributed by atoms with Gasteiger partial charge in [0.15, 0.2) is 0 Å². The van der Waals surface area contributed by atoms with Crippen molar-refractivity contribution >= 4 is 16.1 Å². The summed E-state index contributed by atoms with van der Waals surface area (Å²) in [6, 6.07) is 0. The standard InChI is InChI=1S/C15H24F4O6S/c1-13(2,21)9-10-4-3-5-11(8-10)12(20)25-7-6-14(16,17)15(18,19)26(22,23)24/h10-11,21H,3-9H2,1-2H3,(H,22,23,24). The third-order valence-corrected chi connectivity index (χ3v) is 5.26. The number of alkyl halides is 4. The van der Waals surface area contributed by atoms with Crippen LogP contribution in [0.4, 0.5) is 17.6 Å². The molecule has 0 spiro atoms. The van der Waals surface area contributed by atoms with Crippen LogP contribution in [0.15, 0.2) is 0 Å². The lowest BCUT2D eigenvalue weighted by Crippen LogP contribution is -2.47. The molecule has 0 bridgehead atoms. The zero-order valence-electron chi connectivity index (χ0n) is 14.6. The molecule has 26 heavy (non-hydrogen) atoms. The summed E-state index contributed by atoms with van der Waals surface area (Å²) >= 11 is 0. The van der Waals surface area contributed by atoms with E-state index in [-0.39, 0.29) is 5.92 Å². The second kappa shape index (κ2) is 7.97. The van der Waals surface area contributed by atoms with E-state index in [1.807, 2.05) is 0 Å². The predicted molar refractivity (Wildman–Crippen MR) is 83.4 cm³/mol. The molecule has 1 rings (SSSR count). The smallest absolute Gasteiger partial charge is 0.431 e. The van der Waals surface area contributed by atoms with Crippen molar-refractivity contribution in [1.29, 1.82) is 0 Å². The van der Waals surface area contributed by atoms with Gasteiger partial charge in [-0.15, -0.1) is 0 Å². The molecule has 1 aliphatic rings. The molecule has 0 heterocycles.